The van der Waals surface area contributed by atoms with Crippen LogP contribution in [0.5, 0.6) is 0 Å². The molecule has 1 aromatic rings. The average Bonchev–Trinajstić information content (AvgIpc) is 2.25. The molecular weight excluding hydrogens is 172 g/mol. The zero-order chi connectivity index (χ0) is 10.2. The first-order chi connectivity index (χ1) is 6.83. The zero-order valence-corrected chi connectivity index (χ0v) is 8.11. The molecule has 0 unspecified atom stereocenters. The van der Waals surface area contributed by atoms with E-state index in [2.05, 4.69) is 23.5 Å². The van der Waals surface area contributed by atoms with Crippen molar-refractivity contribution in [3.8, 4) is 0 Å². The van der Waals surface area contributed by atoms with Crippen molar-refractivity contribution in [2.45, 2.75) is 6.54 Å². The van der Waals surface area contributed by atoms with E-state index in [1.165, 1.54) is 0 Å². The molecule has 0 fully saturated rings. The molecule has 0 saturated heterocycles. The summed E-state index contributed by atoms with van der Waals surface area (Å²) in [5.41, 5.74) is 1.86. The molecule has 0 amide bonds. The lowest BCUT2D eigenvalue weighted by Gasteiger charge is -2.04. The smallest absolute Gasteiger partial charge is 0.0594 e. The maximum atomic E-state index is 4.18. The molecule has 2 heteroatoms. The van der Waals surface area contributed by atoms with Gasteiger partial charge in [-0.25, -0.2) is 0 Å². The number of pyridine rings is 1. The monoisotopic (exact) mass is 186 g/mol. The van der Waals surface area contributed by atoms with Crippen molar-refractivity contribution in [3.05, 3.63) is 67.2 Å². The topological polar surface area (TPSA) is 24.9 Å². The zero-order valence-electron chi connectivity index (χ0n) is 8.11. The van der Waals surface area contributed by atoms with Gasteiger partial charge in [0.05, 0.1) is 12.2 Å². The van der Waals surface area contributed by atoms with Crippen molar-refractivity contribution in [1.29, 1.82) is 0 Å². The van der Waals surface area contributed by atoms with Crippen LogP contribution in [-0.4, -0.2) is 4.98 Å². The highest BCUT2D eigenvalue weighted by Crippen LogP contribution is 1.95. The molecule has 14 heavy (non-hydrogen) atoms. The van der Waals surface area contributed by atoms with Gasteiger partial charge in [0.25, 0.3) is 0 Å². The standard InChI is InChI=1S/C12H14N2/c1-3-4-7-11(2)14-10-12-8-5-6-9-13-12/h3-9,14H,1-2,10H2/b7-4-. The van der Waals surface area contributed by atoms with E-state index in [0.29, 0.717) is 6.54 Å². The Hall–Kier alpha value is -1.83. The Bertz CT molecular complexity index is 325. The summed E-state index contributed by atoms with van der Waals surface area (Å²) in [7, 11) is 0. The van der Waals surface area contributed by atoms with E-state index >= 15 is 0 Å². The van der Waals surface area contributed by atoms with Crippen LogP contribution in [0.4, 0.5) is 0 Å². The normalized spacial score (nSPS) is 10.0. The lowest BCUT2D eigenvalue weighted by atomic mass is 10.3. The third-order valence-electron chi connectivity index (χ3n) is 1.66. The Balaban J connectivity index is 2.38. The maximum absolute atomic E-state index is 4.18. The summed E-state index contributed by atoms with van der Waals surface area (Å²) >= 11 is 0. The van der Waals surface area contributed by atoms with Crippen LogP contribution >= 0.6 is 0 Å². The van der Waals surface area contributed by atoms with Gasteiger partial charge in [-0.3, -0.25) is 4.98 Å². The van der Waals surface area contributed by atoms with Gasteiger partial charge in [0.15, 0.2) is 0 Å². The fraction of sp³-hybridized carbons (Fsp3) is 0.0833. The van der Waals surface area contributed by atoms with Gasteiger partial charge in [-0.05, 0) is 18.2 Å². The van der Waals surface area contributed by atoms with Crippen LogP contribution in [0.25, 0.3) is 0 Å². The fourth-order valence-corrected chi connectivity index (χ4v) is 0.950. The molecule has 0 bridgehead atoms. The van der Waals surface area contributed by atoms with Gasteiger partial charge < -0.3 is 5.32 Å². The number of rotatable bonds is 5. The lowest BCUT2D eigenvalue weighted by molar-refractivity contribution is 0.808. The average molecular weight is 186 g/mol. The van der Waals surface area contributed by atoms with Crippen LogP contribution in [0.2, 0.25) is 0 Å². The number of allylic oxidation sites excluding steroid dienone is 3. The van der Waals surface area contributed by atoms with Crippen LogP contribution in [-0.2, 0) is 6.54 Å². The molecule has 0 aromatic carbocycles. The van der Waals surface area contributed by atoms with E-state index in [1.54, 1.807) is 12.3 Å². The van der Waals surface area contributed by atoms with Gasteiger partial charge in [-0.15, -0.1) is 0 Å². The second-order valence-corrected chi connectivity index (χ2v) is 2.79. The largest absolute Gasteiger partial charge is 0.380 e. The Morgan fingerprint density at radius 2 is 2.36 bits per heavy atom. The molecule has 0 atom stereocenters. The molecule has 0 saturated carbocycles. The molecule has 1 N–H and O–H groups in total. The van der Waals surface area contributed by atoms with Gasteiger partial charge in [0.1, 0.15) is 0 Å². The second kappa shape index (κ2) is 5.75. The van der Waals surface area contributed by atoms with E-state index in [-0.39, 0.29) is 0 Å². The van der Waals surface area contributed by atoms with Crippen molar-refractivity contribution in [2.75, 3.05) is 0 Å². The second-order valence-electron chi connectivity index (χ2n) is 2.79. The van der Waals surface area contributed by atoms with Crippen molar-refractivity contribution in [2.24, 2.45) is 0 Å². The highest BCUT2D eigenvalue weighted by molar-refractivity contribution is 5.17. The summed E-state index contributed by atoms with van der Waals surface area (Å²) in [6.45, 7) is 8.11. The summed E-state index contributed by atoms with van der Waals surface area (Å²) < 4.78 is 0. The van der Waals surface area contributed by atoms with E-state index in [4.69, 9.17) is 0 Å². The summed E-state index contributed by atoms with van der Waals surface area (Å²) in [5, 5.41) is 3.14. The van der Waals surface area contributed by atoms with E-state index in [1.807, 2.05) is 30.4 Å². The Morgan fingerprint density at radius 1 is 1.50 bits per heavy atom. The Kier molecular flexibility index (Phi) is 4.21. The van der Waals surface area contributed by atoms with Gasteiger partial charge in [0, 0.05) is 11.9 Å². The molecule has 0 spiro atoms. The highest BCUT2D eigenvalue weighted by Gasteiger charge is 1.91. The first-order valence-corrected chi connectivity index (χ1v) is 4.44. The maximum Gasteiger partial charge on any atom is 0.0594 e. The first kappa shape index (κ1) is 10.3. The molecule has 0 aliphatic rings. The Morgan fingerprint density at radius 3 is 3.00 bits per heavy atom. The molecule has 1 rings (SSSR count). The molecular formula is C12H14N2. The fourth-order valence-electron chi connectivity index (χ4n) is 0.950. The predicted molar refractivity (Wildman–Crippen MR) is 59.6 cm³/mol. The number of hydrogen-bond donors (Lipinski definition) is 1. The van der Waals surface area contributed by atoms with Crippen LogP contribution < -0.4 is 5.32 Å². The van der Waals surface area contributed by atoms with Crippen LogP contribution in [0, 0.1) is 0 Å². The molecule has 2 nitrogen and oxygen atoms in total. The molecule has 0 radical (unpaired) electrons. The number of hydrogen-bond acceptors (Lipinski definition) is 2. The SMILES string of the molecule is C=C/C=C\C(=C)NCc1ccccn1. The van der Waals surface area contributed by atoms with Crippen molar-refractivity contribution < 1.29 is 0 Å². The molecule has 72 valence electrons. The summed E-state index contributed by atoms with van der Waals surface area (Å²) in [5.74, 6) is 0. The van der Waals surface area contributed by atoms with E-state index in [0.717, 1.165) is 11.4 Å². The summed E-state index contributed by atoms with van der Waals surface area (Å²) in [4.78, 5) is 4.18. The lowest BCUT2D eigenvalue weighted by Crippen LogP contribution is -2.11. The Labute approximate surface area is 84.7 Å². The predicted octanol–water partition coefficient (Wildman–Crippen LogP) is 2.43. The van der Waals surface area contributed by atoms with Gasteiger partial charge in [0.2, 0.25) is 0 Å². The molecule has 1 aromatic heterocycles. The molecule has 0 aliphatic heterocycles. The number of aromatic nitrogens is 1. The van der Waals surface area contributed by atoms with Gasteiger partial charge >= 0.3 is 0 Å². The van der Waals surface area contributed by atoms with Crippen LogP contribution in [0.15, 0.2) is 61.5 Å². The van der Waals surface area contributed by atoms with Crippen molar-refractivity contribution in [3.63, 3.8) is 0 Å². The minimum absolute atomic E-state index is 0.696. The van der Waals surface area contributed by atoms with E-state index in [9.17, 15) is 0 Å². The number of nitrogens with zero attached hydrogens (tertiary/aromatic N) is 1. The third-order valence-corrected chi connectivity index (χ3v) is 1.66. The minimum atomic E-state index is 0.696. The number of nitrogens with one attached hydrogen (secondary N) is 1. The highest BCUT2D eigenvalue weighted by atomic mass is 14.9. The first-order valence-electron chi connectivity index (χ1n) is 4.44. The van der Waals surface area contributed by atoms with Crippen LogP contribution in [0.1, 0.15) is 5.69 Å². The summed E-state index contributed by atoms with van der Waals surface area (Å²) in [6, 6.07) is 5.83. The molecule has 1 heterocycles. The van der Waals surface area contributed by atoms with Crippen molar-refractivity contribution >= 4 is 0 Å². The third kappa shape index (κ3) is 3.72. The minimum Gasteiger partial charge on any atom is -0.380 e. The quantitative estimate of drug-likeness (QED) is 0.714. The van der Waals surface area contributed by atoms with Gasteiger partial charge in [-0.2, -0.15) is 0 Å². The van der Waals surface area contributed by atoms with Crippen LogP contribution in [0.3, 0.4) is 0 Å². The summed E-state index contributed by atoms with van der Waals surface area (Å²) in [6.07, 6.45) is 7.21. The van der Waals surface area contributed by atoms with Gasteiger partial charge in [-0.1, -0.05) is 31.4 Å². The van der Waals surface area contributed by atoms with E-state index < -0.39 is 0 Å². The van der Waals surface area contributed by atoms with Crippen molar-refractivity contribution in [1.82, 2.24) is 10.3 Å². The molecule has 0 aliphatic carbocycles.